The van der Waals surface area contributed by atoms with E-state index >= 15 is 0 Å². The number of carbonyl (C=O) groups excluding carboxylic acids is 7. The molecule has 11 rings (SSSR count). The van der Waals surface area contributed by atoms with Crippen LogP contribution in [0.25, 0.3) is 0 Å². The molecule has 2 aromatic heterocycles. The molecule has 6 aliphatic rings. The van der Waals surface area contributed by atoms with E-state index in [1.807, 2.05) is 231 Å². The number of aromatic nitrogens is 2. The Morgan fingerprint density at radius 2 is 0.690 bits per heavy atom. The molecule has 0 unspecified atom stereocenters. The fourth-order valence-electron chi connectivity index (χ4n) is 13.4. The average Bonchev–Trinajstić information content (AvgIpc) is 0.844. The van der Waals surface area contributed by atoms with E-state index in [4.69, 9.17) is 28.4 Å². The largest absolute Gasteiger partial charge is 0.445 e. The van der Waals surface area contributed by atoms with Gasteiger partial charge in [-0.05, 0) is 183 Å². The maximum Gasteiger partial charge on any atom is 0.410 e. The number of likely N-dealkylation sites (tertiary alicyclic amines) is 3. The Kier molecular flexibility index (Phi) is 39.5. The van der Waals surface area contributed by atoms with Crippen LogP contribution in [0.1, 0.15) is 156 Å². The molecule has 3 aromatic carbocycles. The summed E-state index contributed by atoms with van der Waals surface area (Å²) in [6, 6.07) is 39.4. The first-order chi connectivity index (χ1) is 55.1. The first-order valence-electron chi connectivity index (χ1n) is 41.2. The van der Waals surface area contributed by atoms with E-state index in [1.54, 1.807) is 36.4 Å². The zero-order chi connectivity index (χ0) is 85.0. The van der Waals surface area contributed by atoms with E-state index in [-0.39, 0.29) is 61.0 Å². The lowest BCUT2D eigenvalue weighted by molar-refractivity contribution is -0.121. The van der Waals surface area contributed by atoms with Gasteiger partial charge in [-0.1, -0.05) is 91.0 Å². The Balaban J connectivity index is 0.000000220. The van der Waals surface area contributed by atoms with Gasteiger partial charge in [0.2, 0.25) is 0 Å². The van der Waals surface area contributed by atoms with Crippen molar-refractivity contribution in [3.8, 4) is 0 Å². The lowest BCUT2D eigenvalue weighted by atomic mass is 10.0. The maximum absolute atomic E-state index is 12.4. The Morgan fingerprint density at radius 3 is 1.00 bits per heavy atom. The van der Waals surface area contributed by atoms with Crippen molar-refractivity contribution in [3.63, 3.8) is 0 Å². The van der Waals surface area contributed by atoms with Gasteiger partial charge in [-0.15, -0.1) is 0 Å². The van der Waals surface area contributed by atoms with Crippen molar-refractivity contribution in [2.45, 2.75) is 206 Å². The first kappa shape index (κ1) is 95.2. The summed E-state index contributed by atoms with van der Waals surface area (Å²) in [5.74, 6) is 2.21. The van der Waals surface area contributed by atoms with Crippen LogP contribution in [-0.4, -0.2) is 271 Å². The van der Waals surface area contributed by atoms with Crippen LogP contribution < -0.4 is 35.6 Å². The highest BCUT2D eigenvalue weighted by atomic mass is 16.6. The topological polar surface area (TPSA) is 269 Å². The monoisotopic (exact) mass is 1610 g/mol. The Labute approximate surface area is 691 Å². The SMILES string of the molecule is CC(C)(C)OC(=O)N1CCC(=O)CC1.CN(C(=O)OCc1ccccc1)C1CCN(C(=O)OC(C)(C)C)CC1.CN(C(=O)OCc1ccccc1)C1CCNCC1.CN(C)c1cc(N2CCC(N(C)C(=O)OCc3ccccc3)CC2)ccn1.CNC1CCN(C(=O)OC(C)(C)C)CC1.CNC1CCN(c2ccnc(N(C)C)c2)CC1. The first-order valence-corrected chi connectivity index (χ1v) is 41.2. The van der Waals surface area contributed by atoms with Crippen LogP contribution in [0.3, 0.4) is 0 Å². The number of hydrogen-bond acceptors (Lipinski definition) is 22. The predicted molar refractivity (Wildman–Crippen MR) is 458 cm³/mol. The summed E-state index contributed by atoms with van der Waals surface area (Å²) in [5.41, 5.74) is 4.11. The molecule has 0 spiro atoms. The van der Waals surface area contributed by atoms with Gasteiger partial charge in [0.25, 0.3) is 0 Å². The molecule has 0 radical (unpaired) electrons. The third-order valence-corrected chi connectivity index (χ3v) is 20.5. The normalized spacial score (nSPS) is 16.5. The predicted octanol–water partition coefficient (Wildman–Crippen LogP) is 13.6. The summed E-state index contributed by atoms with van der Waals surface area (Å²) < 4.78 is 32.0. The van der Waals surface area contributed by atoms with E-state index in [2.05, 4.69) is 61.0 Å². The molecule has 0 aliphatic carbocycles. The molecule has 0 bridgehead atoms. The minimum Gasteiger partial charge on any atom is -0.445 e. The number of carbonyl (C=O) groups is 7. The average molecular weight is 1610 g/mol. The van der Waals surface area contributed by atoms with Crippen molar-refractivity contribution >= 4 is 65.4 Å². The van der Waals surface area contributed by atoms with Crippen molar-refractivity contribution in [1.29, 1.82) is 0 Å². The second kappa shape index (κ2) is 48.1. The molecule has 116 heavy (non-hydrogen) atoms. The minimum absolute atomic E-state index is 0.0713. The molecule has 0 atom stereocenters. The van der Waals surface area contributed by atoms with Crippen LogP contribution in [0.4, 0.5) is 51.8 Å². The molecule has 6 aliphatic heterocycles. The van der Waals surface area contributed by atoms with Crippen LogP contribution in [-0.2, 0) is 53.0 Å². The van der Waals surface area contributed by atoms with Crippen molar-refractivity contribution < 1.29 is 62.0 Å². The van der Waals surface area contributed by atoms with Crippen LogP contribution >= 0.6 is 0 Å². The highest BCUT2D eigenvalue weighted by Crippen LogP contribution is 2.28. The molecule has 3 N–H and O–H groups in total. The second-order valence-corrected chi connectivity index (χ2v) is 33.5. The van der Waals surface area contributed by atoms with Crippen LogP contribution in [0.5, 0.6) is 0 Å². The minimum atomic E-state index is -0.494. The number of Topliss-reactive ketones (excluding diaryl/α,β-unsaturated/α-hetero) is 1. The quantitative estimate of drug-likeness (QED) is 0.0822. The van der Waals surface area contributed by atoms with Gasteiger partial charge in [0.05, 0.1) is 0 Å². The number of ketones is 1. The number of nitrogens with one attached hydrogen (secondary N) is 3. The second-order valence-electron chi connectivity index (χ2n) is 33.5. The van der Waals surface area contributed by atoms with E-state index in [9.17, 15) is 33.6 Å². The molecular formula is C88H137N15O13. The molecule has 6 saturated heterocycles. The smallest absolute Gasteiger partial charge is 0.410 e. The fraction of sp³-hybridized carbons (Fsp3) is 0.602. The number of amides is 6. The van der Waals surface area contributed by atoms with Gasteiger partial charge >= 0.3 is 36.6 Å². The van der Waals surface area contributed by atoms with Gasteiger partial charge in [-0.25, -0.2) is 38.7 Å². The van der Waals surface area contributed by atoms with Gasteiger partial charge < -0.3 is 93.4 Å². The van der Waals surface area contributed by atoms with E-state index < -0.39 is 16.8 Å². The number of benzene rings is 3. The number of hydrogen-bond donors (Lipinski definition) is 3. The molecule has 5 aromatic rings. The third kappa shape index (κ3) is 35.0. The zero-order valence-corrected chi connectivity index (χ0v) is 72.8. The number of pyridine rings is 2. The number of anilines is 4. The van der Waals surface area contributed by atoms with E-state index in [1.165, 1.54) is 24.2 Å². The van der Waals surface area contributed by atoms with Gasteiger partial charge in [0.1, 0.15) is 54.0 Å². The van der Waals surface area contributed by atoms with Crippen molar-refractivity contribution in [2.75, 3.05) is 162 Å². The highest BCUT2D eigenvalue weighted by Gasteiger charge is 2.33. The zero-order valence-electron chi connectivity index (χ0n) is 72.8. The standard InChI is InChI=1S/C21H28N4O2.C19H28N2O4.C14H20N2O2.C13H22N4.C11H22N2O2.C10H17NO3/c1-23(2)20-15-19(9-12-22-20)25-13-10-18(11-14-25)24(3)21(26)27-16-17-7-5-4-6-8-17;1-19(2,3)25-18(23)21-12-10-16(11-13-21)20(4)17(22)24-14-15-8-6-5-7-9-15;1-16(13-7-9-15-10-8-13)14(17)18-11-12-5-3-2-4-6-12;1-14-11-5-8-17(9-6-11)12-4-7-15-13(10-12)16(2)3;1-11(2,3)15-10(14)13-7-5-9(12-4)6-8-13;1-10(2,3)14-9(13)11-6-4-8(12)5-7-11/h4-9,12,15,18H,10-11,13-14,16H2,1-3H3;5-9,16H,10-14H2,1-4H3;2-6,13,15H,7-11H2,1H3;4,7,10-11,14H,5-6,8-9H2,1-3H3;9,12H,5-8H2,1-4H3;4-7H2,1-3H3. The van der Waals surface area contributed by atoms with E-state index in [0.29, 0.717) is 70.4 Å². The van der Waals surface area contributed by atoms with Crippen molar-refractivity contribution in [3.05, 3.63) is 144 Å². The van der Waals surface area contributed by atoms with Crippen LogP contribution in [0.2, 0.25) is 0 Å². The highest BCUT2D eigenvalue weighted by molar-refractivity contribution is 5.81. The lowest BCUT2D eigenvalue weighted by Crippen LogP contribution is -2.48. The van der Waals surface area contributed by atoms with Crippen molar-refractivity contribution in [2.24, 2.45) is 0 Å². The summed E-state index contributed by atoms with van der Waals surface area (Å²) in [6.07, 6.45) is 12.8. The Bertz CT molecular complexity index is 3700. The van der Waals surface area contributed by atoms with Crippen LogP contribution in [0.15, 0.2) is 128 Å². The number of piperidine rings is 6. The summed E-state index contributed by atoms with van der Waals surface area (Å²) >= 11 is 0. The number of ether oxygens (including phenoxy) is 6. The summed E-state index contributed by atoms with van der Waals surface area (Å²) in [5, 5.41) is 9.88. The van der Waals surface area contributed by atoms with Crippen molar-refractivity contribution in [1.82, 2.24) is 55.3 Å². The molecule has 0 saturated carbocycles. The summed E-state index contributed by atoms with van der Waals surface area (Å²) in [4.78, 5) is 110. The molecule has 28 nitrogen and oxygen atoms in total. The Morgan fingerprint density at radius 1 is 0.405 bits per heavy atom. The summed E-state index contributed by atoms with van der Waals surface area (Å²) in [6.45, 7) is 27.4. The molecule has 6 amide bonds. The molecule has 642 valence electrons. The maximum atomic E-state index is 12.4. The fourth-order valence-corrected chi connectivity index (χ4v) is 13.4. The lowest BCUT2D eigenvalue weighted by Gasteiger charge is -2.37. The van der Waals surface area contributed by atoms with Gasteiger partial charge in [0.15, 0.2) is 0 Å². The third-order valence-electron chi connectivity index (χ3n) is 20.5. The number of nitrogens with zero attached hydrogens (tertiary/aromatic N) is 12. The summed E-state index contributed by atoms with van der Waals surface area (Å²) in [7, 11) is 17.5. The molecule has 6 fully saturated rings. The van der Waals surface area contributed by atoms with E-state index in [0.717, 1.165) is 132 Å². The van der Waals surface area contributed by atoms with Gasteiger partial charge in [0, 0.05) is 194 Å². The molecular weight excluding hydrogens is 1480 g/mol. The molecule has 8 heterocycles. The van der Waals surface area contributed by atoms with Gasteiger partial charge in [-0.2, -0.15) is 0 Å². The van der Waals surface area contributed by atoms with Crippen LogP contribution in [0, 0.1) is 0 Å². The number of rotatable bonds is 15. The Hall–Kier alpha value is -9.67. The van der Waals surface area contributed by atoms with Gasteiger partial charge in [-0.3, -0.25) is 4.79 Å². The molecule has 28 heteroatoms.